The lowest BCUT2D eigenvalue weighted by Gasteiger charge is -2.11. The van der Waals surface area contributed by atoms with Crippen molar-refractivity contribution in [2.75, 3.05) is 26.2 Å². The van der Waals surface area contributed by atoms with E-state index in [1.807, 2.05) is 6.08 Å². The first-order valence-corrected chi connectivity index (χ1v) is 3.84. The summed E-state index contributed by atoms with van der Waals surface area (Å²) >= 11 is 0. The molecule has 2 nitrogen and oxygen atoms in total. The normalized spacial score (nSPS) is 27.1. The fourth-order valence-electron chi connectivity index (χ4n) is 1.43. The standard InChI is InChI=1S/C8H15N2/c1-2-4-10-5-3-8(6-9)7-10/h2,8-9H,1,3-7H2. The minimum absolute atomic E-state index is 0.591. The van der Waals surface area contributed by atoms with Crippen molar-refractivity contribution in [1.82, 2.24) is 10.6 Å². The number of hydrogen-bond donors (Lipinski definition) is 0. The van der Waals surface area contributed by atoms with Gasteiger partial charge in [-0.25, -0.2) is 0 Å². The maximum Gasteiger partial charge on any atom is 0.0160 e. The molecule has 0 aromatic heterocycles. The Morgan fingerprint density at radius 1 is 1.70 bits per heavy atom. The van der Waals surface area contributed by atoms with Crippen LogP contribution in [0.5, 0.6) is 0 Å². The molecule has 1 aliphatic heterocycles. The van der Waals surface area contributed by atoms with Crippen LogP contribution in [0.4, 0.5) is 0 Å². The highest BCUT2D eigenvalue weighted by atomic mass is 15.1. The maximum absolute atomic E-state index is 7.17. The first-order valence-electron chi connectivity index (χ1n) is 3.84. The van der Waals surface area contributed by atoms with Gasteiger partial charge in [-0.2, -0.15) is 0 Å². The molecule has 1 aliphatic rings. The Morgan fingerprint density at radius 3 is 3.00 bits per heavy atom. The van der Waals surface area contributed by atoms with Gasteiger partial charge in [0.15, 0.2) is 0 Å². The minimum atomic E-state index is 0.591. The van der Waals surface area contributed by atoms with Gasteiger partial charge in [0.1, 0.15) is 0 Å². The molecule has 57 valence electrons. The van der Waals surface area contributed by atoms with Crippen LogP contribution in [-0.2, 0) is 0 Å². The summed E-state index contributed by atoms with van der Waals surface area (Å²) < 4.78 is 0. The van der Waals surface area contributed by atoms with Gasteiger partial charge < -0.3 is 0 Å². The van der Waals surface area contributed by atoms with E-state index in [2.05, 4.69) is 11.5 Å². The van der Waals surface area contributed by atoms with Crippen LogP contribution in [0.1, 0.15) is 6.42 Å². The summed E-state index contributed by atoms with van der Waals surface area (Å²) in [5.41, 5.74) is 7.17. The van der Waals surface area contributed by atoms with Gasteiger partial charge >= 0.3 is 0 Å². The number of hydrogen-bond acceptors (Lipinski definition) is 1. The first-order chi connectivity index (χ1) is 4.86. The molecule has 1 radical (unpaired) electrons. The zero-order valence-corrected chi connectivity index (χ0v) is 6.34. The van der Waals surface area contributed by atoms with Crippen LogP contribution in [0, 0.1) is 5.92 Å². The van der Waals surface area contributed by atoms with Gasteiger partial charge in [-0.15, -0.1) is 6.58 Å². The Bertz CT molecular complexity index is 112. The number of nitrogens with one attached hydrogen (secondary N) is 1. The zero-order chi connectivity index (χ0) is 7.40. The summed E-state index contributed by atoms with van der Waals surface area (Å²) in [6.07, 6.45) is 3.14. The van der Waals surface area contributed by atoms with Crippen LogP contribution in [-0.4, -0.2) is 31.1 Å². The van der Waals surface area contributed by atoms with Crippen molar-refractivity contribution in [2.45, 2.75) is 6.42 Å². The van der Waals surface area contributed by atoms with Crippen molar-refractivity contribution in [1.29, 1.82) is 0 Å². The van der Waals surface area contributed by atoms with Gasteiger partial charge in [-0.1, -0.05) is 6.08 Å². The molecular weight excluding hydrogens is 124 g/mol. The molecule has 0 spiro atoms. The molecule has 1 atom stereocenters. The molecule has 0 aromatic rings. The van der Waals surface area contributed by atoms with E-state index in [4.69, 9.17) is 5.73 Å². The highest BCUT2D eigenvalue weighted by Crippen LogP contribution is 2.14. The van der Waals surface area contributed by atoms with E-state index in [1.165, 1.54) is 6.42 Å². The third-order valence-electron chi connectivity index (χ3n) is 2.05. The van der Waals surface area contributed by atoms with Gasteiger partial charge in [0.2, 0.25) is 0 Å². The quantitative estimate of drug-likeness (QED) is 0.531. The molecule has 0 aromatic carbocycles. The molecule has 0 aliphatic carbocycles. The van der Waals surface area contributed by atoms with Crippen molar-refractivity contribution in [3.05, 3.63) is 12.7 Å². The predicted molar refractivity (Wildman–Crippen MR) is 42.7 cm³/mol. The fraction of sp³-hybridized carbons (Fsp3) is 0.750. The number of nitrogens with zero attached hydrogens (tertiary/aromatic N) is 1. The Labute approximate surface area is 62.7 Å². The van der Waals surface area contributed by atoms with E-state index in [1.54, 1.807) is 0 Å². The maximum atomic E-state index is 7.17. The van der Waals surface area contributed by atoms with Crippen LogP contribution in [0.3, 0.4) is 0 Å². The second-order valence-corrected chi connectivity index (χ2v) is 2.91. The smallest absolute Gasteiger partial charge is 0.0160 e. The summed E-state index contributed by atoms with van der Waals surface area (Å²) in [5.74, 6) is 0.625. The molecule has 1 saturated heterocycles. The topological polar surface area (TPSA) is 27.0 Å². The molecule has 1 fully saturated rings. The number of rotatable bonds is 3. The summed E-state index contributed by atoms with van der Waals surface area (Å²) in [6, 6.07) is 0. The van der Waals surface area contributed by atoms with E-state index in [0.29, 0.717) is 12.5 Å². The average Bonchev–Trinajstić information content (AvgIpc) is 2.37. The molecule has 1 rings (SSSR count). The molecule has 0 amide bonds. The van der Waals surface area contributed by atoms with Crippen LogP contribution in [0.25, 0.3) is 0 Å². The fourth-order valence-corrected chi connectivity index (χ4v) is 1.43. The molecule has 1 heterocycles. The zero-order valence-electron chi connectivity index (χ0n) is 6.34. The van der Waals surface area contributed by atoms with Crippen molar-refractivity contribution >= 4 is 0 Å². The Kier molecular flexibility index (Phi) is 2.90. The van der Waals surface area contributed by atoms with Crippen molar-refractivity contribution in [3.63, 3.8) is 0 Å². The van der Waals surface area contributed by atoms with Crippen LogP contribution < -0.4 is 5.73 Å². The third kappa shape index (κ3) is 1.82. The van der Waals surface area contributed by atoms with Gasteiger partial charge in [0, 0.05) is 19.6 Å². The molecule has 2 heteroatoms. The van der Waals surface area contributed by atoms with Gasteiger partial charge in [-0.3, -0.25) is 10.6 Å². The van der Waals surface area contributed by atoms with Crippen LogP contribution in [0.2, 0.25) is 0 Å². The second-order valence-electron chi connectivity index (χ2n) is 2.91. The SMILES string of the molecule is C=CCN1CCC(C[NH])C1. The Hall–Kier alpha value is -0.340. The Balaban J connectivity index is 2.21. The molecule has 10 heavy (non-hydrogen) atoms. The van der Waals surface area contributed by atoms with Crippen molar-refractivity contribution < 1.29 is 0 Å². The first kappa shape index (κ1) is 7.76. The van der Waals surface area contributed by atoms with Gasteiger partial charge in [0.25, 0.3) is 0 Å². The Morgan fingerprint density at radius 2 is 2.50 bits per heavy atom. The van der Waals surface area contributed by atoms with Crippen molar-refractivity contribution in [3.8, 4) is 0 Å². The minimum Gasteiger partial charge on any atom is -0.299 e. The molecule has 1 unspecified atom stereocenters. The predicted octanol–water partition coefficient (Wildman–Crippen LogP) is 0.777. The molecular formula is C8H15N2. The monoisotopic (exact) mass is 139 g/mol. The highest BCUT2D eigenvalue weighted by molar-refractivity contribution is 4.81. The molecule has 1 N–H and O–H groups in total. The van der Waals surface area contributed by atoms with Gasteiger partial charge in [-0.05, 0) is 18.9 Å². The van der Waals surface area contributed by atoms with E-state index in [-0.39, 0.29) is 0 Å². The lowest BCUT2D eigenvalue weighted by Crippen LogP contribution is -2.21. The molecule has 0 bridgehead atoms. The largest absolute Gasteiger partial charge is 0.299 e. The average molecular weight is 139 g/mol. The van der Waals surface area contributed by atoms with E-state index < -0.39 is 0 Å². The summed E-state index contributed by atoms with van der Waals surface area (Å²) in [4.78, 5) is 2.35. The van der Waals surface area contributed by atoms with E-state index in [0.717, 1.165) is 19.6 Å². The van der Waals surface area contributed by atoms with E-state index in [9.17, 15) is 0 Å². The summed E-state index contributed by atoms with van der Waals surface area (Å²) in [6.45, 7) is 7.54. The highest BCUT2D eigenvalue weighted by Gasteiger charge is 2.19. The third-order valence-corrected chi connectivity index (χ3v) is 2.05. The molecule has 0 saturated carbocycles. The van der Waals surface area contributed by atoms with Crippen molar-refractivity contribution in [2.24, 2.45) is 5.92 Å². The van der Waals surface area contributed by atoms with E-state index >= 15 is 0 Å². The second kappa shape index (κ2) is 3.74. The summed E-state index contributed by atoms with van der Waals surface area (Å²) in [7, 11) is 0. The lowest BCUT2D eigenvalue weighted by atomic mass is 10.1. The van der Waals surface area contributed by atoms with Crippen LogP contribution in [0.15, 0.2) is 12.7 Å². The summed E-state index contributed by atoms with van der Waals surface area (Å²) in [5, 5.41) is 0. The van der Waals surface area contributed by atoms with Gasteiger partial charge in [0.05, 0.1) is 0 Å². The lowest BCUT2D eigenvalue weighted by molar-refractivity contribution is 0.360. The number of likely N-dealkylation sites (tertiary alicyclic amines) is 1. The van der Waals surface area contributed by atoms with Crippen LogP contribution >= 0.6 is 0 Å².